The zero-order valence-electron chi connectivity index (χ0n) is 11.7. The van der Waals surface area contributed by atoms with Crippen molar-refractivity contribution in [2.75, 3.05) is 0 Å². The van der Waals surface area contributed by atoms with Gasteiger partial charge in [-0.3, -0.25) is 0 Å². The van der Waals surface area contributed by atoms with Crippen LogP contribution in [0.2, 0.25) is 0 Å². The van der Waals surface area contributed by atoms with Gasteiger partial charge in [-0.15, -0.1) is 0 Å². The SMILES string of the molecule is OC1(Cc2c(F)c(F)c(F)c(F)c2F)CC2CCCC(C1)N2. The summed E-state index contributed by atoms with van der Waals surface area (Å²) < 4.78 is 67.1. The van der Waals surface area contributed by atoms with E-state index >= 15 is 0 Å². The van der Waals surface area contributed by atoms with Gasteiger partial charge in [-0.1, -0.05) is 6.42 Å². The Morgan fingerprint density at radius 3 is 1.82 bits per heavy atom. The molecular weight excluding hydrogens is 305 g/mol. The fourth-order valence-electron chi connectivity index (χ4n) is 3.71. The average Bonchev–Trinajstić information content (AvgIpc) is 2.47. The van der Waals surface area contributed by atoms with E-state index in [1.54, 1.807) is 0 Å². The summed E-state index contributed by atoms with van der Waals surface area (Å²) in [5.74, 6) is -9.81. The number of nitrogens with one attached hydrogen (secondary N) is 1. The highest BCUT2D eigenvalue weighted by Crippen LogP contribution is 2.36. The molecule has 2 saturated heterocycles. The first-order valence-corrected chi connectivity index (χ1v) is 7.29. The van der Waals surface area contributed by atoms with Gasteiger partial charge in [-0.2, -0.15) is 0 Å². The minimum absolute atomic E-state index is 0.0127. The maximum atomic E-state index is 13.8. The first-order chi connectivity index (χ1) is 10.3. The molecule has 2 bridgehead atoms. The van der Waals surface area contributed by atoms with Crippen molar-refractivity contribution in [1.29, 1.82) is 0 Å². The van der Waals surface area contributed by atoms with Crippen molar-refractivity contribution in [3.63, 3.8) is 0 Å². The lowest BCUT2D eigenvalue weighted by atomic mass is 9.74. The highest BCUT2D eigenvalue weighted by Gasteiger charge is 2.42. The predicted octanol–water partition coefficient (Wildman–Crippen LogP) is 2.96. The van der Waals surface area contributed by atoms with E-state index in [4.69, 9.17) is 0 Å². The van der Waals surface area contributed by atoms with E-state index in [-0.39, 0.29) is 24.9 Å². The highest BCUT2D eigenvalue weighted by molar-refractivity contribution is 5.26. The Bertz CT molecular complexity index is 565. The van der Waals surface area contributed by atoms with E-state index in [2.05, 4.69) is 5.32 Å². The maximum absolute atomic E-state index is 13.8. The molecule has 1 aromatic carbocycles. The molecule has 0 spiro atoms. The molecule has 2 atom stereocenters. The number of rotatable bonds is 2. The van der Waals surface area contributed by atoms with Crippen LogP contribution in [0.15, 0.2) is 0 Å². The maximum Gasteiger partial charge on any atom is 0.200 e. The van der Waals surface area contributed by atoms with Crippen LogP contribution in [0.4, 0.5) is 22.0 Å². The molecule has 2 N–H and O–H groups in total. The molecule has 3 rings (SSSR count). The molecule has 0 aromatic heterocycles. The van der Waals surface area contributed by atoms with Gasteiger partial charge in [0.1, 0.15) is 0 Å². The summed E-state index contributed by atoms with van der Waals surface area (Å²) in [6, 6.07) is 0.0255. The summed E-state index contributed by atoms with van der Waals surface area (Å²) in [5.41, 5.74) is -2.39. The summed E-state index contributed by atoms with van der Waals surface area (Å²) in [6.45, 7) is 0. The molecule has 2 unspecified atom stereocenters. The minimum atomic E-state index is -2.17. The van der Waals surface area contributed by atoms with Crippen LogP contribution in [0.5, 0.6) is 0 Å². The third kappa shape index (κ3) is 2.60. The van der Waals surface area contributed by atoms with Crippen LogP contribution < -0.4 is 5.32 Å². The van der Waals surface area contributed by atoms with Gasteiger partial charge in [-0.25, -0.2) is 22.0 Å². The minimum Gasteiger partial charge on any atom is -0.389 e. The summed E-state index contributed by atoms with van der Waals surface area (Å²) in [7, 11) is 0. The Kier molecular flexibility index (Phi) is 3.89. The zero-order chi connectivity index (χ0) is 16.1. The molecule has 7 heteroatoms. The molecule has 0 radical (unpaired) electrons. The fraction of sp³-hybridized carbons (Fsp3) is 0.600. The van der Waals surface area contributed by atoms with Crippen LogP contribution in [-0.4, -0.2) is 22.8 Å². The number of piperidine rings is 2. The van der Waals surface area contributed by atoms with Crippen molar-refractivity contribution in [2.45, 2.75) is 56.2 Å². The van der Waals surface area contributed by atoms with Crippen LogP contribution in [0, 0.1) is 29.1 Å². The summed E-state index contributed by atoms with van der Waals surface area (Å²) in [5, 5.41) is 13.9. The molecular formula is C15H16F5NO. The number of fused-ring (bicyclic) bond motifs is 2. The monoisotopic (exact) mass is 321 g/mol. The lowest BCUT2D eigenvalue weighted by molar-refractivity contribution is -0.0316. The molecule has 1 aromatic rings. The topological polar surface area (TPSA) is 32.3 Å². The van der Waals surface area contributed by atoms with Crippen molar-refractivity contribution in [2.24, 2.45) is 0 Å². The van der Waals surface area contributed by atoms with E-state index in [1.807, 2.05) is 0 Å². The largest absolute Gasteiger partial charge is 0.389 e. The second-order valence-corrected chi connectivity index (χ2v) is 6.35. The number of halogens is 5. The number of aliphatic hydroxyl groups is 1. The Morgan fingerprint density at radius 2 is 1.32 bits per heavy atom. The van der Waals surface area contributed by atoms with Crippen molar-refractivity contribution >= 4 is 0 Å². The summed E-state index contributed by atoms with van der Waals surface area (Å²) in [6.07, 6.45) is 2.56. The van der Waals surface area contributed by atoms with Crippen molar-refractivity contribution in [3.8, 4) is 0 Å². The highest BCUT2D eigenvalue weighted by atomic mass is 19.2. The molecule has 2 aliphatic heterocycles. The van der Waals surface area contributed by atoms with E-state index in [1.165, 1.54) is 0 Å². The van der Waals surface area contributed by atoms with Gasteiger partial charge in [-0.05, 0) is 25.7 Å². The average molecular weight is 321 g/mol. The molecule has 122 valence electrons. The second-order valence-electron chi connectivity index (χ2n) is 6.35. The Morgan fingerprint density at radius 1 is 0.864 bits per heavy atom. The van der Waals surface area contributed by atoms with Gasteiger partial charge in [0.2, 0.25) is 5.82 Å². The molecule has 0 saturated carbocycles. The van der Waals surface area contributed by atoms with Gasteiger partial charge in [0.05, 0.1) is 5.60 Å². The smallest absolute Gasteiger partial charge is 0.200 e. The Balaban J connectivity index is 1.93. The molecule has 2 aliphatic rings. The standard InChI is InChI=1S/C15H16F5NO/c16-10-9(11(17)13(19)14(20)12(10)18)6-15(22)4-7-2-1-3-8(5-15)21-7/h7-8,21-22H,1-6H2. The van der Waals surface area contributed by atoms with Gasteiger partial charge < -0.3 is 10.4 Å². The quantitative estimate of drug-likeness (QED) is 0.499. The Hall–Kier alpha value is -1.21. The Labute approximate surface area is 124 Å². The van der Waals surface area contributed by atoms with E-state index in [0.717, 1.165) is 19.3 Å². The van der Waals surface area contributed by atoms with Crippen LogP contribution in [0.3, 0.4) is 0 Å². The van der Waals surface area contributed by atoms with Crippen molar-refractivity contribution in [3.05, 3.63) is 34.6 Å². The summed E-state index contributed by atoms with van der Waals surface area (Å²) >= 11 is 0. The molecule has 22 heavy (non-hydrogen) atoms. The third-order valence-electron chi connectivity index (χ3n) is 4.64. The second kappa shape index (κ2) is 5.45. The zero-order valence-corrected chi connectivity index (χ0v) is 11.7. The van der Waals surface area contributed by atoms with Gasteiger partial charge in [0.25, 0.3) is 0 Å². The van der Waals surface area contributed by atoms with E-state index in [0.29, 0.717) is 0 Å². The van der Waals surface area contributed by atoms with Crippen molar-refractivity contribution in [1.82, 2.24) is 5.32 Å². The molecule has 2 fully saturated rings. The van der Waals surface area contributed by atoms with Gasteiger partial charge in [0.15, 0.2) is 23.3 Å². The first-order valence-electron chi connectivity index (χ1n) is 7.29. The van der Waals surface area contributed by atoms with E-state index in [9.17, 15) is 27.1 Å². The molecule has 2 heterocycles. The van der Waals surface area contributed by atoms with Gasteiger partial charge >= 0.3 is 0 Å². The predicted molar refractivity (Wildman–Crippen MR) is 68.7 cm³/mol. The molecule has 0 aliphatic carbocycles. The normalized spacial score (nSPS) is 31.4. The van der Waals surface area contributed by atoms with Crippen LogP contribution in [0.1, 0.15) is 37.7 Å². The first kappa shape index (κ1) is 15.7. The van der Waals surface area contributed by atoms with E-state index < -0.39 is 46.7 Å². The van der Waals surface area contributed by atoms with Crippen LogP contribution in [0.25, 0.3) is 0 Å². The third-order valence-corrected chi connectivity index (χ3v) is 4.64. The van der Waals surface area contributed by atoms with Gasteiger partial charge in [0, 0.05) is 24.1 Å². The lowest BCUT2D eigenvalue weighted by Crippen LogP contribution is -2.56. The molecule has 0 amide bonds. The van der Waals surface area contributed by atoms with Crippen molar-refractivity contribution < 1.29 is 27.1 Å². The molecule has 2 nitrogen and oxygen atoms in total. The van der Waals surface area contributed by atoms with Crippen LogP contribution >= 0.6 is 0 Å². The number of hydrogen-bond donors (Lipinski definition) is 2. The lowest BCUT2D eigenvalue weighted by Gasteiger charge is -2.45. The van der Waals surface area contributed by atoms with Crippen LogP contribution in [-0.2, 0) is 6.42 Å². The number of benzene rings is 1. The summed E-state index contributed by atoms with van der Waals surface area (Å²) in [4.78, 5) is 0. The fourth-order valence-corrected chi connectivity index (χ4v) is 3.71. The number of hydrogen-bond acceptors (Lipinski definition) is 2.